The minimum atomic E-state index is -0.0836. The Morgan fingerprint density at radius 2 is 1.87 bits per heavy atom. The standard InChI is InChI=1S/C30H43N7O2/c1-23(2)37-17-10-26(33-37)27(21-28(39)31-12-18-34-13-3-4-14-34)35-15-6-16-36(20-19-35)30-25(22-38)9-8-24-7-5-11-32-29(24)30/h5,7-11,17,23,27,38H,3-4,6,12-16,18-22H2,1-2H3,(H,31,39)/t27-/m0/s1. The number of aliphatic hydroxyl groups is 1. The van der Waals surface area contributed by atoms with E-state index >= 15 is 0 Å². The number of nitrogens with one attached hydrogen (secondary N) is 1. The highest BCUT2D eigenvalue weighted by Crippen LogP contribution is 2.32. The monoisotopic (exact) mass is 533 g/mol. The first-order chi connectivity index (χ1) is 19.0. The van der Waals surface area contributed by atoms with Gasteiger partial charge in [-0.15, -0.1) is 0 Å². The summed E-state index contributed by atoms with van der Waals surface area (Å²) < 4.78 is 1.98. The molecule has 4 heterocycles. The van der Waals surface area contributed by atoms with Gasteiger partial charge in [-0.05, 0) is 58.3 Å². The summed E-state index contributed by atoms with van der Waals surface area (Å²) in [4.78, 5) is 25.0. The molecule has 0 unspecified atom stereocenters. The van der Waals surface area contributed by atoms with Crippen molar-refractivity contribution in [3.63, 3.8) is 0 Å². The molecular formula is C30H43N7O2. The molecule has 39 heavy (non-hydrogen) atoms. The Morgan fingerprint density at radius 3 is 2.64 bits per heavy atom. The Balaban J connectivity index is 1.32. The van der Waals surface area contributed by atoms with Crippen molar-refractivity contribution in [3.05, 3.63) is 54.0 Å². The van der Waals surface area contributed by atoms with Gasteiger partial charge >= 0.3 is 0 Å². The van der Waals surface area contributed by atoms with E-state index in [0.717, 1.165) is 80.1 Å². The Bertz CT molecular complexity index is 1240. The number of nitrogens with zero attached hydrogens (tertiary/aromatic N) is 6. The molecule has 0 saturated carbocycles. The van der Waals surface area contributed by atoms with Crippen molar-refractivity contribution in [3.8, 4) is 0 Å². The molecule has 3 aromatic rings. The molecule has 2 fully saturated rings. The summed E-state index contributed by atoms with van der Waals surface area (Å²) in [6, 6.07) is 10.3. The number of carbonyl (C=O) groups excluding carboxylic acids is 1. The van der Waals surface area contributed by atoms with E-state index in [4.69, 9.17) is 5.10 Å². The predicted molar refractivity (Wildman–Crippen MR) is 155 cm³/mol. The fourth-order valence-corrected chi connectivity index (χ4v) is 5.97. The fourth-order valence-electron chi connectivity index (χ4n) is 5.97. The molecule has 2 aliphatic rings. The second-order valence-corrected chi connectivity index (χ2v) is 11.1. The van der Waals surface area contributed by atoms with Gasteiger partial charge in [0.2, 0.25) is 5.91 Å². The van der Waals surface area contributed by atoms with Gasteiger partial charge in [-0.1, -0.05) is 18.2 Å². The zero-order valence-electron chi connectivity index (χ0n) is 23.4. The zero-order chi connectivity index (χ0) is 27.2. The molecule has 1 aromatic carbocycles. The molecule has 0 bridgehead atoms. The largest absolute Gasteiger partial charge is 0.392 e. The summed E-state index contributed by atoms with van der Waals surface area (Å²) in [6.07, 6.45) is 7.71. The van der Waals surface area contributed by atoms with Crippen LogP contribution in [0.2, 0.25) is 0 Å². The van der Waals surface area contributed by atoms with Crippen molar-refractivity contribution in [2.45, 2.75) is 58.2 Å². The summed E-state index contributed by atoms with van der Waals surface area (Å²) >= 11 is 0. The topological polar surface area (TPSA) is 89.8 Å². The average Bonchev–Trinajstić information content (AvgIpc) is 3.60. The highest BCUT2D eigenvalue weighted by atomic mass is 16.3. The van der Waals surface area contributed by atoms with Gasteiger partial charge in [0, 0.05) is 75.1 Å². The number of fused-ring (bicyclic) bond motifs is 1. The molecular weight excluding hydrogens is 490 g/mol. The van der Waals surface area contributed by atoms with Crippen molar-refractivity contribution >= 4 is 22.5 Å². The number of aliphatic hydroxyl groups excluding tert-OH is 1. The summed E-state index contributed by atoms with van der Waals surface area (Å²) in [7, 11) is 0. The van der Waals surface area contributed by atoms with Crippen LogP contribution in [0.25, 0.3) is 10.9 Å². The Morgan fingerprint density at radius 1 is 1.03 bits per heavy atom. The van der Waals surface area contributed by atoms with Gasteiger partial charge in [-0.25, -0.2) is 0 Å². The molecule has 1 amide bonds. The number of pyridine rings is 1. The smallest absolute Gasteiger partial charge is 0.222 e. The lowest BCUT2D eigenvalue weighted by Gasteiger charge is -2.30. The molecule has 9 nitrogen and oxygen atoms in total. The van der Waals surface area contributed by atoms with E-state index in [2.05, 4.69) is 51.0 Å². The lowest BCUT2D eigenvalue weighted by Crippen LogP contribution is -2.38. The lowest BCUT2D eigenvalue weighted by molar-refractivity contribution is -0.122. The first-order valence-electron chi connectivity index (χ1n) is 14.5. The number of benzene rings is 1. The Labute approximate surface area is 231 Å². The maximum Gasteiger partial charge on any atom is 0.222 e. The first kappa shape index (κ1) is 27.6. The SMILES string of the molecule is CC(C)n1ccc([C@H](CC(=O)NCCN2CCCC2)N2CCCN(c3c(CO)ccc4cccnc34)CC2)n1. The second-order valence-electron chi connectivity index (χ2n) is 11.1. The summed E-state index contributed by atoms with van der Waals surface area (Å²) in [5, 5.41) is 19.3. The van der Waals surface area contributed by atoms with Gasteiger partial charge in [0.05, 0.1) is 29.5 Å². The van der Waals surface area contributed by atoms with Gasteiger partial charge in [-0.2, -0.15) is 5.10 Å². The van der Waals surface area contributed by atoms with E-state index in [1.54, 1.807) is 0 Å². The highest BCUT2D eigenvalue weighted by molar-refractivity contribution is 5.92. The van der Waals surface area contributed by atoms with Gasteiger partial charge in [0.25, 0.3) is 0 Å². The maximum absolute atomic E-state index is 13.1. The number of hydrogen-bond donors (Lipinski definition) is 2. The Kier molecular flexibility index (Phi) is 9.11. The number of hydrogen-bond acceptors (Lipinski definition) is 7. The van der Waals surface area contributed by atoms with E-state index in [9.17, 15) is 9.90 Å². The third-order valence-corrected chi connectivity index (χ3v) is 8.12. The average molecular weight is 534 g/mol. The molecule has 210 valence electrons. The van der Waals surface area contributed by atoms with Crippen LogP contribution >= 0.6 is 0 Å². The Hall–Kier alpha value is -3.01. The van der Waals surface area contributed by atoms with Crippen LogP contribution in [0.5, 0.6) is 0 Å². The predicted octanol–water partition coefficient (Wildman–Crippen LogP) is 3.36. The molecule has 0 radical (unpaired) electrons. The summed E-state index contributed by atoms with van der Waals surface area (Å²) in [5.74, 6) is 0.0835. The van der Waals surface area contributed by atoms with Crippen molar-refractivity contribution in [2.24, 2.45) is 0 Å². The molecule has 2 N–H and O–H groups in total. The normalized spacial score (nSPS) is 18.1. The molecule has 0 spiro atoms. The number of aromatic nitrogens is 3. The molecule has 0 aliphatic carbocycles. The van der Waals surface area contributed by atoms with E-state index in [-0.39, 0.29) is 24.6 Å². The zero-order valence-corrected chi connectivity index (χ0v) is 23.4. The van der Waals surface area contributed by atoms with Crippen molar-refractivity contribution in [1.82, 2.24) is 29.9 Å². The molecule has 2 saturated heterocycles. The number of amides is 1. The van der Waals surface area contributed by atoms with Crippen LogP contribution < -0.4 is 10.2 Å². The number of rotatable bonds is 10. The van der Waals surface area contributed by atoms with E-state index in [0.29, 0.717) is 13.0 Å². The number of anilines is 1. The lowest BCUT2D eigenvalue weighted by atomic mass is 10.1. The van der Waals surface area contributed by atoms with Gasteiger partial charge < -0.3 is 20.2 Å². The molecule has 2 aromatic heterocycles. The van der Waals surface area contributed by atoms with Crippen molar-refractivity contribution in [1.29, 1.82) is 0 Å². The summed E-state index contributed by atoms with van der Waals surface area (Å²) in [5.41, 5.74) is 3.81. The van der Waals surface area contributed by atoms with Gasteiger partial charge in [0.15, 0.2) is 0 Å². The van der Waals surface area contributed by atoms with E-state index in [1.807, 2.05) is 35.3 Å². The molecule has 2 aliphatic heterocycles. The van der Waals surface area contributed by atoms with Crippen LogP contribution in [0.4, 0.5) is 5.69 Å². The fraction of sp³-hybridized carbons (Fsp3) is 0.567. The maximum atomic E-state index is 13.1. The first-order valence-corrected chi connectivity index (χ1v) is 14.5. The van der Waals surface area contributed by atoms with E-state index in [1.165, 1.54) is 12.8 Å². The van der Waals surface area contributed by atoms with Crippen molar-refractivity contribution in [2.75, 3.05) is 57.3 Å². The van der Waals surface area contributed by atoms with Crippen LogP contribution in [0.15, 0.2) is 42.7 Å². The van der Waals surface area contributed by atoms with Crippen LogP contribution in [0, 0.1) is 0 Å². The van der Waals surface area contributed by atoms with Crippen LogP contribution in [-0.4, -0.2) is 87.9 Å². The molecule has 9 heteroatoms. The third kappa shape index (κ3) is 6.59. The second kappa shape index (κ2) is 12.9. The van der Waals surface area contributed by atoms with Gasteiger partial charge in [-0.3, -0.25) is 19.4 Å². The number of carbonyl (C=O) groups is 1. The van der Waals surface area contributed by atoms with Crippen LogP contribution in [0.1, 0.15) is 62.9 Å². The minimum Gasteiger partial charge on any atom is -0.392 e. The van der Waals surface area contributed by atoms with Crippen molar-refractivity contribution < 1.29 is 9.90 Å². The highest BCUT2D eigenvalue weighted by Gasteiger charge is 2.29. The van der Waals surface area contributed by atoms with E-state index < -0.39 is 0 Å². The van der Waals surface area contributed by atoms with Crippen LogP contribution in [-0.2, 0) is 11.4 Å². The van der Waals surface area contributed by atoms with Gasteiger partial charge in [0.1, 0.15) is 0 Å². The number of likely N-dealkylation sites (tertiary alicyclic amines) is 1. The third-order valence-electron chi connectivity index (χ3n) is 8.12. The quantitative estimate of drug-likeness (QED) is 0.413. The minimum absolute atomic E-state index is 0.0189. The summed E-state index contributed by atoms with van der Waals surface area (Å²) in [6.45, 7) is 11.5. The molecule has 1 atom stereocenters. The molecule has 5 rings (SSSR count). The van der Waals surface area contributed by atoms with Crippen LogP contribution in [0.3, 0.4) is 0 Å².